The van der Waals surface area contributed by atoms with E-state index in [1.807, 2.05) is 0 Å². The summed E-state index contributed by atoms with van der Waals surface area (Å²) >= 11 is 5.84. The lowest BCUT2D eigenvalue weighted by atomic mass is 10.1. The Morgan fingerprint density at radius 3 is 2.31 bits per heavy atom. The Morgan fingerprint density at radius 2 is 1.69 bits per heavy atom. The molecule has 6 nitrogen and oxygen atoms in total. The van der Waals surface area contributed by atoms with Gasteiger partial charge in [-0.25, -0.2) is 0 Å². The van der Waals surface area contributed by atoms with Gasteiger partial charge >= 0.3 is 0 Å². The number of imide groups is 1. The highest BCUT2D eigenvalue weighted by Crippen LogP contribution is 2.21. The molecular formula is C19H16ClN2O4-. The fourth-order valence-corrected chi connectivity index (χ4v) is 2.95. The van der Waals surface area contributed by atoms with Crippen LogP contribution in [-0.4, -0.2) is 28.7 Å². The summed E-state index contributed by atoms with van der Waals surface area (Å²) in [6, 6.07) is 13.0. The second-order valence-electron chi connectivity index (χ2n) is 6.09. The highest BCUT2D eigenvalue weighted by Gasteiger charge is 2.38. The fourth-order valence-electron chi connectivity index (χ4n) is 2.82. The van der Waals surface area contributed by atoms with Crippen molar-refractivity contribution >= 4 is 35.1 Å². The van der Waals surface area contributed by atoms with E-state index in [2.05, 4.69) is 5.32 Å². The molecule has 1 heterocycles. The number of carboxylic acids is 1. The van der Waals surface area contributed by atoms with Crippen LogP contribution in [-0.2, 0) is 27.3 Å². The minimum Gasteiger partial charge on any atom is -0.550 e. The van der Waals surface area contributed by atoms with Gasteiger partial charge < -0.3 is 15.2 Å². The van der Waals surface area contributed by atoms with Crippen LogP contribution in [0.1, 0.15) is 17.5 Å². The van der Waals surface area contributed by atoms with Crippen LogP contribution in [0.15, 0.2) is 48.5 Å². The molecule has 1 aliphatic heterocycles. The lowest BCUT2D eigenvalue weighted by Crippen LogP contribution is -2.34. The number of halogens is 1. The van der Waals surface area contributed by atoms with Crippen molar-refractivity contribution in [1.82, 2.24) is 4.90 Å². The van der Waals surface area contributed by atoms with E-state index in [9.17, 15) is 19.5 Å². The number of carbonyl (C=O) groups is 3. The largest absolute Gasteiger partial charge is 0.550 e. The molecule has 2 aromatic rings. The monoisotopic (exact) mass is 371 g/mol. The van der Waals surface area contributed by atoms with Gasteiger partial charge in [0, 0.05) is 23.1 Å². The summed E-state index contributed by atoms with van der Waals surface area (Å²) in [6.45, 7) is 0.206. The van der Waals surface area contributed by atoms with Crippen molar-refractivity contribution in [1.29, 1.82) is 0 Å². The maximum absolute atomic E-state index is 12.5. The maximum atomic E-state index is 12.5. The Morgan fingerprint density at radius 1 is 1.08 bits per heavy atom. The average Bonchev–Trinajstić information content (AvgIpc) is 2.85. The highest BCUT2D eigenvalue weighted by molar-refractivity contribution is 6.30. The number of hydrogen-bond acceptors (Lipinski definition) is 5. The van der Waals surface area contributed by atoms with Crippen LogP contribution < -0.4 is 10.4 Å². The van der Waals surface area contributed by atoms with Crippen LogP contribution in [0.3, 0.4) is 0 Å². The molecule has 3 rings (SSSR count). The van der Waals surface area contributed by atoms with E-state index in [0.717, 1.165) is 5.56 Å². The standard InChI is InChI=1S/C19H17ClN2O4/c20-14-5-1-13(2-6-14)11-22-17(23)10-16(19(22)26)21-15-7-3-12(4-8-15)9-18(24)25/h1-8,16,21H,9-11H2,(H,24,25)/p-1/t16-/m1/s1. The van der Waals surface area contributed by atoms with Gasteiger partial charge in [-0.05, 0) is 35.4 Å². The molecule has 2 amide bonds. The molecule has 0 bridgehead atoms. The maximum Gasteiger partial charge on any atom is 0.252 e. The molecule has 7 heteroatoms. The van der Waals surface area contributed by atoms with Crippen LogP contribution in [0.2, 0.25) is 5.02 Å². The lowest BCUT2D eigenvalue weighted by Gasteiger charge is -2.16. The van der Waals surface area contributed by atoms with Crippen molar-refractivity contribution in [2.24, 2.45) is 0 Å². The number of carboxylic acid groups (broad SMARTS) is 1. The molecule has 0 aliphatic carbocycles. The van der Waals surface area contributed by atoms with Crippen LogP contribution in [0.5, 0.6) is 0 Å². The van der Waals surface area contributed by atoms with Gasteiger partial charge in [0.25, 0.3) is 5.91 Å². The quantitative estimate of drug-likeness (QED) is 0.775. The van der Waals surface area contributed by atoms with Crippen molar-refractivity contribution < 1.29 is 19.5 Å². The first-order valence-electron chi connectivity index (χ1n) is 8.06. The number of benzene rings is 2. The van der Waals surface area contributed by atoms with E-state index in [0.29, 0.717) is 16.3 Å². The zero-order valence-electron chi connectivity index (χ0n) is 13.8. The Labute approximate surface area is 155 Å². The molecule has 1 atom stereocenters. The molecule has 1 N–H and O–H groups in total. The Balaban J connectivity index is 1.64. The van der Waals surface area contributed by atoms with E-state index < -0.39 is 12.0 Å². The average molecular weight is 372 g/mol. The summed E-state index contributed by atoms with van der Waals surface area (Å²) in [6.07, 6.45) is -0.0940. The molecule has 0 unspecified atom stereocenters. The van der Waals surface area contributed by atoms with Gasteiger partial charge in [0.2, 0.25) is 5.91 Å². The highest BCUT2D eigenvalue weighted by atomic mass is 35.5. The van der Waals surface area contributed by atoms with Gasteiger partial charge in [-0.3, -0.25) is 14.5 Å². The van der Waals surface area contributed by atoms with E-state index in [1.54, 1.807) is 48.5 Å². The van der Waals surface area contributed by atoms with Crippen molar-refractivity contribution in [2.75, 3.05) is 5.32 Å². The number of amides is 2. The Kier molecular flexibility index (Phi) is 5.23. The normalized spacial score (nSPS) is 16.8. The first kappa shape index (κ1) is 17.9. The van der Waals surface area contributed by atoms with Crippen LogP contribution in [0, 0.1) is 0 Å². The molecule has 1 fully saturated rings. The predicted octanol–water partition coefficient (Wildman–Crippen LogP) is 1.37. The molecular weight excluding hydrogens is 356 g/mol. The Bertz CT molecular complexity index is 834. The van der Waals surface area contributed by atoms with Crippen molar-refractivity contribution in [3.05, 3.63) is 64.7 Å². The zero-order valence-corrected chi connectivity index (χ0v) is 14.5. The number of hydrogen-bond donors (Lipinski definition) is 1. The van der Waals surface area contributed by atoms with Gasteiger partial charge in [-0.15, -0.1) is 0 Å². The molecule has 0 aromatic heterocycles. The van der Waals surface area contributed by atoms with Crippen LogP contribution >= 0.6 is 11.6 Å². The minimum atomic E-state index is -1.15. The van der Waals surface area contributed by atoms with Gasteiger partial charge in [-0.1, -0.05) is 35.9 Å². The van der Waals surface area contributed by atoms with Crippen LogP contribution in [0.4, 0.5) is 5.69 Å². The first-order chi connectivity index (χ1) is 12.4. The second kappa shape index (κ2) is 7.58. The molecule has 0 radical (unpaired) electrons. The van der Waals surface area contributed by atoms with Gasteiger partial charge in [0.15, 0.2) is 0 Å². The molecule has 0 spiro atoms. The van der Waals surface area contributed by atoms with Crippen molar-refractivity contribution in [3.8, 4) is 0 Å². The van der Waals surface area contributed by atoms with E-state index in [4.69, 9.17) is 11.6 Å². The minimum absolute atomic E-state index is 0.0766. The van der Waals surface area contributed by atoms with E-state index in [1.165, 1.54) is 4.90 Å². The van der Waals surface area contributed by atoms with Crippen molar-refractivity contribution in [3.63, 3.8) is 0 Å². The number of rotatable bonds is 6. The van der Waals surface area contributed by atoms with Crippen LogP contribution in [0.25, 0.3) is 0 Å². The third kappa shape index (κ3) is 4.21. The third-order valence-electron chi connectivity index (χ3n) is 4.14. The summed E-state index contributed by atoms with van der Waals surface area (Å²) < 4.78 is 0. The van der Waals surface area contributed by atoms with Gasteiger partial charge in [0.05, 0.1) is 13.0 Å². The number of aliphatic carboxylic acids is 1. The van der Waals surface area contributed by atoms with Gasteiger partial charge in [-0.2, -0.15) is 0 Å². The first-order valence-corrected chi connectivity index (χ1v) is 8.44. The molecule has 0 saturated carbocycles. The summed E-state index contributed by atoms with van der Waals surface area (Å²) in [4.78, 5) is 36.6. The number of nitrogens with zero attached hydrogens (tertiary/aromatic N) is 1. The third-order valence-corrected chi connectivity index (χ3v) is 4.39. The SMILES string of the molecule is O=C([O-])Cc1ccc(N[C@@H]2CC(=O)N(Cc3ccc(Cl)cc3)C2=O)cc1. The molecule has 1 saturated heterocycles. The molecule has 2 aromatic carbocycles. The van der Waals surface area contributed by atoms with Gasteiger partial charge in [0.1, 0.15) is 6.04 Å². The number of carbonyl (C=O) groups excluding carboxylic acids is 3. The fraction of sp³-hybridized carbons (Fsp3) is 0.211. The molecule has 26 heavy (non-hydrogen) atoms. The zero-order chi connectivity index (χ0) is 18.7. The molecule has 134 valence electrons. The van der Waals surface area contributed by atoms with E-state index in [-0.39, 0.29) is 31.2 Å². The smallest absolute Gasteiger partial charge is 0.252 e. The van der Waals surface area contributed by atoms with Crippen molar-refractivity contribution in [2.45, 2.75) is 25.4 Å². The summed E-state index contributed by atoms with van der Waals surface area (Å²) in [5.74, 6) is -1.68. The topological polar surface area (TPSA) is 89.5 Å². The summed E-state index contributed by atoms with van der Waals surface area (Å²) in [7, 11) is 0. The Hall–Kier alpha value is -2.86. The summed E-state index contributed by atoms with van der Waals surface area (Å²) in [5.41, 5.74) is 2.07. The predicted molar refractivity (Wildman–Crippen MR) is 94.2 cm³/mol. The molecule has 1 aliphatic rings. The second-order valence-corrected chi connectivity index (χ2v) is 6.53. The number of anilines is 1. The number of nitrogens with one attached hydrogen (secondary N) is 1. The summed E-state index contributed by atoms with van der Waals surface area (Å²) in [5, 5.41) is 14.2. The van der Waals surface area contributed by atoms with E-state index >= 15 is 0 Å². The number of likely N-dealkylation sites (tertiary alicyclic amines) is 1. The lowest BCUT2D eigenvalue weighted by molar-refractivity contribution is -0.304.